The van der Waals surface area contributed by atoms with Gasteiger partial charge in [-0.3, -0.25) is 10.1 Å². The van der Waals surface area contributed by atoms with Crippen LogP contribution in [0.1, 0.15) is 11.1 Å². The van der Waals surface area contributed by atoms with Gasteiger partial charge < -0.3 is 10.1 Å². The number of nitro benzene ring substituents is 1. The summed E-state index contributed by atoms with van der Waals surface area (Å²) in [5.41, 5.74) is 1.60. The van der Waals surface area contributed by atoms with Crippen LogP contribution < -0.4 is 10.1 Å². The topological polar surface area (TPSA) is 77.3 Å². The smallest absolute Gasteiger partial charge is 0.269 e. The van der Waals surface area contributed by atoms with Crippen LogP contribution in [0.5, 0.6) is 5.88 Å². The molecule has 2 rings (SSSR count). The molecule has 0 aliphatic carbocycles. The molecule has 1 N–H and O–H groups in total. The highest BCUT2D eigenvalue weighted by Crippen LogP contribution is 2.22. The predicted molar refractivity (Wildman–Crippen MR) is 79.4 cm³/mol. The molecule has 0 unspecified atom stereocenters. The zero-order valence-corrected chi connectivity index (χ0v) is 12.1. The average Bonchev–Trinajstić information content (AvgIpc) is 2.49. The lowest BCUT2D eigenvalue weighted by atomic mass is 10.2. The Morgan fingerprint density at radius 1 is 1.33 bits per heavy atom. The molecule has 0 amide bonds. The average molecular weight is 308 g/mol. The molecule has 0 atom stereocenters. The van der Waals surface area contributed by atoms with E-state index in [-0.39, 0.29) is 5.69 Å². The maximum absolute atomic E-state index is 10.8. The van der Waals surface area contributed by atoms with Crippen LogP contribution in [0.3, 0.4) is 0 Å². The summed E-state index contributed by atoms with van der Waals surface area (Å²) in [4.78, 5) is 14.4. The summed E-state index contributed by atoms with van der Waals surface area (Å²) in [6, 6.07) is 8.10. The number of hydrogen-bond donors (Lipinski definition) is 1. The predicted octanol–water partition coefficient (Wildman–Crippen LogP) is 2.94. The van der Waals surface area contributed by atoms with Crippen molar-refractivity contribution in [3.63, 3.8) is 0 Å². The van der Waals surface area contributed by atoms with Crippen molar-refractivity contribution in [3.8, 4) is 5.88 Å². The number of ether oxygens (including phenoxy) is 1. The molecule has 1 heterocycles. The molecule has 0 saturated carbocycles. The summed E-state index contributed by atoms with van der Waals surface area (Å²) < 4.78 is 5.16. The van der Waals surface area contributed by atoms with Gasteiger partial charge in [-0.2, -0.15) is 0 Å². The van der Waals surface area contributed by atoms with Crippen molar-refractivity contribution >= 4 is 17.3 Å². The van der Waals surface area contributed by atoms with Gasteiger partial charge in [-0.1, -0.05) is 17.7 Å². The van der Waals surface area contributed by atoms with E-state index in [9.17, 15) is 10.1 Å². The van der Waals surface area contributed by atoms with E-state index in [1.165, 1.54) is 18.2 Å². The second-order valence-corrected chi connectivity index (χ2v) is 4.72. The SMILES string of the molecule is COc1ncccc1CNCc1cc([N+](=O)[O-])ccc1Cl. The molecule has 0 saturated heterocycles. The first-order chi connectivity index (χ1) is 10.1. The minimum Gasteiger partial charge on any atom is -0.481 e. The molecular formula is C14H14ClN3O3. The van der Waals surface area contributed by atoms with Crippen LogP contribution in [0, 0.1) is 10.1 Å². The highest BCUT2D eigenvalue weighted by atomic mass is 35.5. The first kappa shape index (κ1) is 15.2. The van der Waals surface area contributed by atoms with E-state index in [2.05, 4.69) is 10.3 Å². The van der Waals surface area contributed by atoms with Crippen molar-refractivity contribution in [2.75, 3.05) is 7.11 Å². The lowest BCUT2D eigenvalue weighted by Gasteiger charge is -2.09. The Balaban J connectivity index is 2.03. The number of hydrogen-bond acceptors (Lipinski definition) is 5. The van der Waals surface area contributed by atoms with E-state index < -0.39 is 4.92 Å². The van der Waals surface area contributed by atoms with Crippen molar-refractivity contribution in [1.82, 2.24) is 10.3 Å². The molecule has 0 fully saturated rings. The molecule has 0 radical (unpaired) electrons. The third-order valence-corrected chi connectivity index (χ3v) is 3.28. The summed E-state index contributed by atoms with van der Waals surface area (Å²) >= 11 is 6.04. The van der Waals surface area contributed by atoms with Crippen LogP contribution in [-0.4, -0.2) is 17.0 Å². The van der Waals surface area contributed by atoms with Gasteiger partial charge in [0.15, 0.2) is 0 Å². The third-order valence-electron chi connectivity index (χ3n) is 2.91. The Bertz CT molecular complexity index is 649. The molecule has 21 heavy (non-hydrogen) atoms. The van der Waals surface area contributed by atoms with Gasteiger partial charge in [0, 0.05) is 42.0 Å². The van der Waals surface area contributed by atoms with Gasteiger partial charge in [0.2, 0.25) is 5.88 Å². The number of benzene rings is 1. The first-order valence-electron chi connectivity index (χ1n) is 6.23. The minimum atomic E-state index is -0.441. The van der Waals surface area contributed by atoms with E-state index in [4.69, 9.17) is 16.3 Å². The Labute approximate surface area is 126 Å². The van der Waals surface area contributed by atoms with Crippen LogP contribution in [0.15, 0.2) is 36.5 Å². The number of aromatic nitrogens is 1. The monoisotopic (exact) mass is 307 g/mol. The van der Waals surface area contributed by atoms with Crippen LogP contribution in [0.2, 0.25) is 5.02 Å². The van der Waals surface area contributed by atoms with Crippen LogP contribution in [0.4, 0.5) is 5.69 Å². The lowest BCUT2D eigenvalue weighted by molar-refractivity contribution is -0.384. The molecule has 2 aromatic rings. The standard InChI is InChI=1S/C14H14ClN3O3/c1-21-14-10(3-2-6-17-14)8-16-9-11-7-12(18(19)20)4-5-13(11)15/h2-7,16H,8-9H2,1H3. The van der Waals surface area contributed by atoms with Crippen LogP contribution in [0.25, 0.3) is 0 Å². The van der Waals surface area contributed by atoms with Crippen molar-refractivity contribution in [1.29, 1.82) is 0 Å². The zero-order chi connectivity index (χ0) is 15.2. The van der Waals surface area contributed by atoms with E-state index in [1.54, 1.807) is 13.3 Å². The summed E-state index contributed by atoms with van der Waals surface area (Å²) in [6.07, 6.45) is 1.65. The molecule has 0 aliphatic rings. The number of halogens is 1. The van der Waals surface area contributed by atoms with E-state index >= 15 is 0 Å². The quantitative estimate of drug-likeness (QED) is 0.656. The maximum Gasteiger partial charge on any atom is 0.269 e. The van der Waals surface area contributed by atoms with E-state index in [0.29, 0.717) is 29.6 Å². The molecule has 1 aromatic heterocycles. The van der Waals surface area contributed by atoms with Crippen molar-refractivity contribution in [3.05, 3.63) is 62.8 Å². The fourth-order valence-electron chi connectivity index (χ4n) is 1.88. The third kappa shape index (κ3) is 3.90. The first-order valence-corrected chi connectivity index (χ1v) is 6.61. The summed E-state index contributed by atoms with van der Waals surface area (Å²) in [5, 5.41) is 14.4. The molecule has 6 nitrogen and oxygen atoms in total. The summed E-state index contributed by atoms with van der Waals surface area (Å²) in [6.45, 7) is 0.939. The van der Waals surface area contributed by atoms with Gasteiger partial charge in [0.1, 0.15) is 0 Å². The molecular weight excluding hydrogens is 294 g/mol. The Morgan fingerprint density at radius 2 is 2.10 bits per heavy atom. The van der Waals surface area contributed by atoms with Gasteiger partial charge in [-0.25, -0.2) is 4.98 Å². The van der Waals surface area contributed by atoms with Gasteiger partial charge in [-0.15, -0.1) is 0 Å². The van der Waals surface area contributed by atoms with Crippen molar-refractivity contribution < 1.29 is 9.66 Å². The zero-order valence-electron chi connectivity index (χ0n) is 11.4. The van der Waals surface area contributed by atoms with E-state index in [0.717, 1.165) is 5.56 Å². The molecule has 1 aromatic carbocycles. The molecule has 0 spiro atoms. The van der Waals surface area contributed by atoms with Gasteiger partial charge in [-0.05, 0) is 17.7 Å². The normalized spacial score (nSPS) is 10.4. The lowest BCUT2D eigenvalue weighted by Crippen LogP contribution is -2.14. The van der Waals surface area contributed by atoms with Gasteiger partial charge in [0.05, 0.1) is 12.0 Å². The molecule has 0 aliphatic heterocycles. The molecule has 7 heteroatoms. The fraction of sp³-hybridized carbons (Fsp3) is 0.214. The van der Waals surface area contributed by atoms with Crippen molar-refractivity contribution in [2.45, 2.75) is 13.1 Å². The largest absolute Gasteiger partial charge is 0.481 e. The fourth-order valence-corrected chi connectivity index (χ4v) is 2.07. The number of methoxy groups -OCH3 is 1. The van der Waals surface area contributed by atoms with Crippen LogP contribution in [-0.2, 0) is 13.1 Å². The second kappa shape index (κ2) is 7.01. The summed E-state index contributed by atoms with van der Waals surface area (Å²) in [5.74, 6) is 0.551. The number of nitrogens with zero attached hydrogens (tertiary/aromatic N) is 2. The molecule has 110 valence electrons. The maximum atomic E-state index is 10.8. The van der Waals surface area contributed by atoms with Crippen LogP contribution >= 0.6 is 11.6 Å². The number of pyridine rings is 1. The van der Waals surface area contributed by atoms with E-state index in [1.807, 2.05) is 12.1 Å². The number of rotatable bonds is 6. The Hall–Kier alpha value is -2.18. The number of nitro groups is 1. The van der Waals surface area contributed by atoms with Crippen molar-refractivity contribution in [2.24, 2.45) is 0 Å². The minimum absolute atomic E-state index is 0.0233. The Kier molecular flexibility index (Phi) is 5.08. The van der Waals surface area contributed by atoms with Gasteiger partial charge in [0.25, 0.3) is 5.69 Å². The number of non-ortho nitro benzene ring substituents is 1. The summed E-state index contributed by atoms with van der Waals surface area (Å²) in [7, 11) is 1.56. The highest BCUT2D eigenvalue weighted by Gasteiger charge is 2.10. The second-order valence-electron chi connectivity index (χ2n) is 4.31. The molecule has 0 bridgehead atoms. The highest BCUT2D eigenvalue weighted by molar-refractivity contribution is 6.31. The Morgan fingerprint density at radius 3 is 2.81 bits per heavy atom. The number of nitrogens with one attached hydrogen (secondary N) is 1. The van der Waals surface area contributed by atoms with Gasteiger partial charge >= 0.3 is 0 Å².